The van der Waals surface area contributed by atoms with Gasteiger partial charge in [-0.25, -0.2) is 0 Å². The van der Waals surface area contributed by atoms with Crippen molar-refractivity contribution < 1.29 is 19.5 Å². The second kappa shape index (κ2) is 12.0. The van der Waals surface area contributed by atoms with Crippen molar-refractivity contribution in [3.8, 4) is 16.9 Å². The van der Waals surface area contributed by atoms with E-state index in [-0.39, 0.29) is 13.0 Å². The Labute approximate surface area is 206 Å². The minimum atomic E-state index is -0.861. The van der Waals surface area contributed by atoms with Crippen molar-refractivity contribution in [3.63, 3.8) is 0 Å². The molecule has 1 aliphatic heterocycles. The van der Waals surface area contributed by atoms with E-state index in [2.05, 4.69) is 58.6 Å². The molecule has 1 aliphatic rings. The van der Waals surface area contributed by atoms with Gasteiger partial charge in [-0.3, -0.25) is 9.69 Å². The average Bonchev–Trinajstić information content (AvgIpc) is 3.39. The zero-order valence-corrected chi connectivity index (χ0v) is 19.9. The van der Waals surface area contributed by atoms with Gasteiger partial charge in [0.25, 0.3) is 0 Å². The fourth-order valence-electron chi connectivity index (χ4n) is 4.00. The lowest BCUT2D eigenvalue weighted by molar-refractivity contribution is -0.136. The third-order valence-corrected chi connectivity index (χ3v) is 5.94. The van der Waals surface area contributed by atoms with Crippen molar-refractivity contribution in [1.29, 1.82) is 0 Å². The number of benzene rings is 3. The predicted molar refractivity (Wildman–Crippen MR) is 138 cm³/mol. The van der Waals surface area contributed by atoms with E-state index in [1.807, 2.05) is 31.2 Å². The van der Waals surface area contributed by atoms with E-state index in [1.54, 1.807) is 12.1 Å². The van der Waals surface area contributed by atoms with Crippen LogP contribution in [0.25, 0.3) is 11.1 Å². The minimum Gasteiger partial charge on any atom is -0.490 e. The van der Waals surface area contributed by atoms with Crippen LogP contribution in [0.1, 0.15) is 16.7 Å². The third kappa shape index (κ3) is 6.80. The maximum absolute atomic E-state index is 11.0. The molecular formula is C29H30N2O4. The van der Waals surface area contributed by atoms with Gasteiger partial charge in [0.15, 0.2) is 6.61 Å². The number of hydrogen-bond acceptors (Lipinski definition) is 5. The first-order chi connectivity index (χ1) is 17.1. The summed E-state index contributed by atoms with van der Waals surface area (Å²) in [5, 5.41) is 13.5. The van der Waals surface area contributed by atoms with Crippen molar-refractivity contribution in [2.24, 2.45) is 5.16 Å². The van der Waals surface area contributed by atoms with E-state index in [0.29, 0.717) is 18.9 Å². The van der Waals surface area contributed by atoms with Crippen LogP contribution in [0, 0.1) is 6.92 Å². The Bertz CT molecular complexity index is 1180. The van der Waals surface area contributed by atoms with E-state index in [1.165, 1.54) is 5.56 Å². The largest absolute Gasteiger partial charge is 0.490 e. The average molecular weight is 471 g/mol. The van der Waals surface area contributed by atoms with Crippen LogP contribution in [-0.2, 0) is 16.1 Å². The van der Waals surface area contributed by atoms with E-state index in [9.17, 15) is 4.79 Å². The summed E-state index contributed by atoms with van der Waals surface area (Å²) in [6.07, 6.45) is 4.29. The van der Waals surface area contributed by atoms with Gasteiger partial charge in [0, 0.05) is 25.2 Å². The molecule has 0 unspecified atom stereocenters. The Kier molecular flexibility index (Phi) is 8.30. The second-order valence-corrected chi connectivity index (χ2v) is 8.44. The van der Waals surface area contributed by atoms with Crippen LogP contribution in [0.3, 0.4) is 0 Å². The van der Waals surface area contributed by atoms with Gasteiger partial charge in [0.1, 0.15) is 18.1 Å². The number of carboxylic acid groups (broad SMARTS) is 1. The highest BCUT2D eigenvalue weighted by Gasteiger charge is 2.13. The van der Waals surface area contributed by atoms with Crippen LogP contribution >= 0.6 is 0 Å². The minimum absolute atomic E-state index is 0.0262. The van der Waals surface area contributed by atoms with E-state index >= 15 is 0 Å². The van der Waals surface area contributed by atoms with Gasteiger partial charge in [-0.2, -0.15) is 0 Å². The third-order valence-electron chi connectivity index (χ3n) is 5.94. The number of carboxylic acids is 1. The van der Waals surface area contributed by atoms with Crippen LogP contribution in [0.5, 0.6) is 5.75 Å². The molecule has 0 bridgehead atoms. The molecule has 0 aromatic heterocycles. The molecule has 0 spiro atoms. The molecule has 0 saturated carbocycles. The monoisotopic (exact) mass is 470 g/mol. The van der Waals surface area contributed by atoms with Gasteiger partial charge in [-0.05, 0) is 35.2 Å². The molecule has 3 aromatic carbocycles. The Morgan fingerprint density at radius 2 is 1.63 bits per heavy atom. The van der Waals surface area contributed by atoms with Crippen LogP contribution in [0.15, 0.2) is 90.1 Å². The predicted octanol–water partition coefficient (Wildman–Crippen LogP) is 4.96. The van der Waals surface area contributed by atoms with Crippen LogP contribution in [0.2, 0.25) is 0 Å². The molecule has 0 aliphatic carbocycles. The highest BCUT2D eigenvalue weighted by atomic mass is 16.6. The maximum atomic E-state index is 11.0. The molecule has 6 nitrogen and oxygen atoms in total. The van der Waals surface area contributed by atoms with Crippen LogP contribution in [-0.4, -0.2) is 54.5 Å². The number of ether oxygens (including phenoxy) is 1. The number of aliphatic carboxylic acids is 1. The van der Waals surface area contributed by atoms with Crippen LogP contribution < -0.4 is 4.74 Å². The van der Waals surface area contributed by atoms with E-state index in [0.717, 1.165) is 41.1 Å². The van der Waals surface area contributed by atoms with Gasteiger partial charge >= 0.3 is 5.97 Å². The zero-order valence-electron chi connectivity index (χ0n) is 19.9. The summed E-state index contributed by atoms with van der Waals surface area (Å²) in [5.74, 6) is -0.198. The second-order valence-electron chi connectivity index (χ2n) is 8.44. The summed E-state index contributed by atoms with van der Waals surface area (Å²) >= 11 is 0. The fraction of sp³-hybridized carbons (Fsp3) is 0.241. The first-order valence-corrected chi connectivity index (χ1v) is 11.8. The topological polar surface area (TPSA) is 71.4 Å². The van der Waals surface area contributed by atoms with E-state index < -0.39 is 5.97 Å². The molecule has 3 aromatic rings. The quantitative estimate of drug-likeness (QED) is 0.186. The molecular weight excluding hydrogens is 440 g/mol. The van der Waals surface area contributed by atoms with Crippen molar-refractivity contribution in [2.75, 3.05) is 32.8 Å². The molecule has 180 valence electrons. The van der Waals surface area contributed by atoms with Crippen molar-refractivity contribution in [3.05, 3.63) is 102 Å². The molecule has 4 rings (SSSR count). The first-order valence-electron chi connectivity index (χ1n) is 11.8. The Morgan fingerprint density at radius 3 is 2.34 bits per heavy atom. The lowest BCUT2D eigenvalue weighted by atomic mass is 10.0. The summed E-state index contributed by atoms with van der Waals surface area (Å²) < 4.78 is 5.84. The molecule has 6 heteroatoms. The van der Waals surface area contributed by atoms with Gasteiger partial charge in [-0.15, -0.1) is 0 Å². The summed E-state index contributed by atoms with van der Waals surface area (Å²) in [6, 6.07) is 24.1. The van der Waals surface area contributed by atoms with Crippen molar-refractivity contribution >= 4 is 11.7 Å². The lowest BCUT2D eigenvalue weighted by Gasteiger charge is -2.17. The lowest BCUT2D eigenvalue weighted by Crippen LogP contribution is -2.28. The van der Waals surface area contributed by atoms with Crippen molar-refractivity contribution in [1.82, 2.24) is 4.90 Å². The van der Waals surface area contributed by atoms with E-state index in [4.69, 9.17) is 14.7 Å². The number of hydrogen-bond donors (Lipinski definition) is 1. The van der Waals surface area contributed by atoms with Gasteiger partial charge in [0.05, 0.1) is 6.42 Å². The normalized spacial score (nSPS) is 13.7. The fourth-order valence-corrected chi connectivity index (χ4v) is 4.00. The molecule has 0 atom stereocenters. The Hall–Kier alpha value is -3.90. The molecule has 0 radical (unpaired) electrons. The molecule has 0 saturated heterocycles. The maximum Gasteiger partial charge on any atom is 0.307 e. The Morgan fingerprint density at radius 1 is 0.914 bits per heavy atom. The van der Waals surface area contributed by atoms with Gasteiger partial charge in [-0.1, -0.05) is 84.0 Å². The molecule has 1 heterocycles. The van der Waals surface area contributed by atoms with Gasteiger partial charge < -0.3 is 14.7 Å². The van der Waals surface area contributed by atoms with Gasteiger partial charge in [0.2, 0.25) is 0 Å². The number of rotatable bonds is 11. The standard InChI is InChI=1S/C29H30N2O4/c1-22-26(20-29(32)33)10-7-11-28(22)34-18-19-35-30-27(21-31-16-5-6-17-31)25-14-12-24(13-15-25)23-8-3-2-4-9-23/h2-15H,16-21H2,1H3,(H,32,33). The zero-order chi connectivity index (χ0) is 24.5. The molecule has 35 heavy (non-hydrogen) atoms. The summed E-state index contributed by atoms with van der Waals surface area (Å²) in [6.45, 7) is 4.95. The number of oxime groups is 1. The Balaban J connectivity index is 1.39. The molecule has 0 fully saturated rings. The summed E-state index contributed by atoms with van der Waals surface area (Å²) in [5.41, 5.74) is 5.81. The smallest absolute Gasteiger partial charge is 0.307 e. The molecule has 0 amide bonds. The molecule has 1 N–H and O–H groups in total. The summed E-state index contributed by atoms with van der Waals surface area (Å²) in [4.78, 5) is 19.0. The summed E-state index contributed by atoms with van der Waals surface area (Å²) in [7, 11) is 0. The van der Waals surface area contributed by atoms with Crippen LogP contribution in [0.4, 0.5) is 0 Å². The highest BCUT2D eigenvalue weighted by Crippen LogP contribution is 2.22. The SMILES string of the molecule is Cc1c(CC(=O)O)cccc1OCCON=C(CN1CC=CC1)c1ccc(-c2ccccc2)cc1. The first kappa shape index (κ1) is 24.2. The number of carbonyl (C=O) groups is 1. The number of nitrogens with zero attached hydrogens (tertiary/aromatic N) is 2. The van der Waals surface area contributed by atoms with Crippen molar-refractivity contribution in [2.45, 2.75) is 13.3 Å². The highest BCUT2D eigenvalue weighted by molar-refractivity contribution is 6.02.